The van der Waals surface area contributed by atoms with Gasteiger partial charge in [0, 0.05) is 18.8 Å². The van der Waals surface area contributed by atoms with Crippen LogP contribution in [0.25, 0.3) is 0 Å². The van der Waals surface area contributed by atoms with E-state index in [2.05, 4.69) is 20.1 Å². The van der Waals surface area contributed by atoms with Gasteiger partial charge in [-0.15, -0.1) is 5.10 Å². The van der Waals surface area contributed by atoms with E-state index in [1.54, 1.807) is 20.0 Å². The molecule has 0 atom stereocenters. The monoisotopic (exact) mass is 206 g/mol. The van der Waals surface area contributed by atoms with Crippen LogP contribution in [0.5, 0.6) is 11.9 Å². The summed E-state index contributed by atoms with van der Waals surface area (Å²) in [4.78, 5) is 11.7. The summed E-state index contributed by atoms with van der Waals surface area (Å²) in [5.74, 6) is 0.507. The number of nitrogen functional groups attached to an aromatic ring is 1. The Hall–Kier alpha value is -2.18. The van der Waals surface area contributed by atoms with E-state index in [1.807, 2.05) is 0 Å². The maximum atomic E-state index is 5.47. The molecule has 7 nitrogen and oxygen atoms in total. The van der Waals surface area contributed by atoms with Gasteiger partial charge in [-0.2, -0.15) is 9.97 Å². The van der Waals surface area contributed by atoms with E-state index in [9.17, 15) is 0 Å². The molecular formula is C8H10N6O. The second-order valence-corrected chi connectivity index (χ2v) is 3.01. The fourth-order valence-electron chi connectivity index (χ4n) is 1.07. The highest BCUT2D eigenvalue weighted by atomic mass is 16.5. The second kappa shape index (κ2) is 3.52. The lowest BCUT2D eigenvalue weighted by Gasteiger charge is -2.01. The quantitative estimate of drug-likeness (QED) is 0.759. The summed E-state index contributed by atoms with van der Waals surface area (Å²) < 4.78 is 6.82. The van der Waals surface area contributed by atoms with Gasteiger partial charge in [-0.1, -0.05) is 0 Å². The standard InChI is InChI=1S/C8H10N6O/c1-5-3-6(12-7(9)11-5)15-8-10-4-14(2)13-8/h3-4H,1-2H3,(H2,9,11,12). The third kappa shape index (κ3) is 2.19. The third-order valence-corrected chi connectivity index (χ3v) is 1.62. The number of ether oxygens (including phenoxy) is 1. The molecule has 0 aliphatic rings. The number of hydrogen-bond acceptors (Lipinski definition) is 6. The molecule has 0 fully saturated rings. The Labute approximate surface area is 85.9 Å². The molecule has 2 aromatic rings. The van der Waals surface area contributed by atoms with Crippen molar-refractivity contribution in [2.75, 3.05) is 5.73 Å². The molecule has 2 heterocycles. The van der Waals surface area contributed by atoms with Crippen LogP contribution in [-0.4, -0.2) is 24.7 Å². The average Bonchev–Trinajstić information content (AvgIpc) is 2.49. The van der Waals surface area contributed by atoms with Gasteiger partial charge in [0.1, 0.15) is 6.33 Å². The zero-order chi connectivity index (χ0) is 10.8. The lowest BCUT2D eigenvalue weighted by Crippen LogP contribution is -1.99. The summed E-state index contributed by atoms with van der Waals surface area (Å²) in [5.41, 5.74) is 6.20. The van der Waals surface area contributed by atoms with E-state index in [4.69, 9.17) is 10.5 Å². The molecule has 2 rings (SSSR count). The molecule has 15 heavy (non-hydrogen) atoms. The number of anilines is 1. The Morgan fingerprint density at radius 3 is 2.80 bits per heavy atom. The minimum atomic E-state index is 0.168. The van der Waals surface area contributed by atoms with Crippen LogP contribution in [0.2, 0.25) is 0 Å². The van der Waals surface area contributed by atoms with E-state index in [0.717, 1.165) is 5.69 Å². The normalized spacial score (nSPS) is 10.3. The largest absolute Gasteiger partial charge is 0.404 e. The van der Waals surface area contributed by atoms with Gasteiger partial charge in [-0.3, -0.25) is 4.68 Å². The Balaban J connectivity index is 2.24. The Morgan fingerprint density at radius 2 is 2.20 bits per heavy atom. The van der Waals surface area contributed by atoms with Gasteiger partial charge in [0.15, 0.2) is 0 Å². The molecule has 0 unspecified atom stereocenters. The molecule has 2 aromatic heterocycles. The molecule has 0 radical (unpaired) electrons. The van der Waals surface area contributed by atoms with Crippen molar-refractivity contribution in [3.8, 4) is 11.9 Å². The van der Waals surface area contributed by atoms with Crippen molar-refractivity contribution in [3.63, 3.8) is 0 Å². The highest BCUT2D eigenvalue weighted by molar-refractivity contribution is 5.26. The van der Waals surface area contributed by atoms with Crippen LogP contribution in [-0.2, 0) is 7.05 Å². The van der Waals surface area contributed by atoms with Crippen molar-refractivity contribution in [1.29, 1.82) is 0 Å². The number of rotatable bonds is 2. The summed E-state index contributed by atoms with van der Waals surface area (Å²) in [6, 6.07) is 1.89. The van der Waals surface area contributed by atoms with Gasteiger partial charge < -0.3 is 10.5 Å². The second-order valence-electron chi connectivity index (χ2n) is 3.01. The number of aryl methyl sites for hydroxylation is 2. The molecule has 0 aliphatic carbocycles. The predicted octanol–water partition coefficient (Wildman–Crippen LogP) is 0.288. The van der Waals surface area contributed by atoms with Crippen molar-refractivity contribution < 1.29 is 4.74 Å². The molecule has 0 saturated carbocycles. The van der Waals surface area contributed by atoms with Crippen LogP contribution in [0, 0.1) is 6.92 Å². The van der Waals surface area contributed by atoms with E-state index in [1.165, 1.54) is 11.0 Å². The SMILES string of the molecule is Cc1cc(Oc2ncn(C)n2)nc(N)n1. The van der Waals surface area contributed by atoms with Crippen molar-refractivity contribution in [3.05, 3.63) is 18.1 Å². The van der Waals surface area contributed by atoms with E-state index >= 15 is 0 Å². The summed E-state index contributed by atoms with van der Waals surface area (Å²) in [6.07, 6.45) is 1.53. The number of nitrogens with zero attached hydrogens (tertiary/aromatic N) is 5. The van der Waals surface area contributed by atoms with Gasteiger partial charge in [-0.25, -0.2) is 4.98 Å². The first-order valence-electron chi connectivity index (χ1n) is 4.28. The third-order valence-electron chi connectivity index (χ3n) is 1.62. The fourth-order valence-corrected chi connectivity index (χ4v) is 1.07. The van der Waals surface area contributed by atoms with Gasteiger partial charge in [0.25, 0.3) is 0 Å². The van der Waals surface area contributed by atoms with Crippen molar-refractivity contribution >= 4 is 5.95 Å². The lowest BCUT2D eigenvalue weighted by molar-refractivity contribution is 0.422. The zero-order valence-corrected chi connectivity index (χ0v) is 8.38. The summed E-state index contributed by atoms with van der Waals surface area (Å²) in [7, 11) is 1.75. The van der Waals surface area contributed by atoms with Gasteiger partial charge in [0.2, 0.25) is 11.8 Å². The minimum Gasteiger partial charge on any atom is -0.404 e. The van der Waals surface area contributed by atoms with Gasteiger partial charge in [-0.05, 0) is 6.92 Å². The van der Waals surface area contributed by atoms with Crippen molar-refractivity contribution in [2.24, 2.45) is 7.05 Å². The molecule has 0 spiro atoms. The first-order valence-corrected chi connectivity index (χ1v) is 4.28. The zero-order valence-electron chi connectivity index (χ0n) is 8.38. The van der Waals surface area contributed by atoms with Crippen molar-refractivity contribution in [1.82, 2.24) is 24.7 Å². The van der Waals surface area contributed by atoms with Gasteiger partial charge in [0.05, 0.1) is 0 Å². The summed E-state index contributed by atoms with van der Waals surface area (Å²) in [6.45, 7) is 1.80. The van der Waals surface area contributed by atoms with E-state index < -0.39 is 0 Å². The number of hydrogen-bond donors (Lipinski definition) is 1. The molecule has 78 valence electrons. The van der Waals surface area contributed by atoms with E-state index in [0.29, 0.717) is 5.88 Å². The molecule has 0 aromatic carbocycles. The first kappa shape index (κ1) is 9.38. The van der Waals surface area contributed by atoms with Crippen LogP contribution < -0.4 is 10.5 Å². The average molecular weight is 206 g/mol. The maximum Gasteiger partial charge on any atom is 0.342 e. The predicted molar refractivity (Wildman–Crippen MR) is 52.3 cm³/mol. The minimum absolute atomic E-state index is 0.168. The lowest BCUT2D eigenvalue weighted by atomic mass is 10.4. The van der Waals surface area contributed by atoms with Gasteiger partial charge >= 0.3 is 6.01 Å². The summed E-state index contributed by atoms with van der Waals surface area (Å²) >= 11 is 0. The van der Waals surface area contributed by atoms with Crippen molar-refractivity contribution in [2.45, 2.75) is 6.92 Å². The Morgan fingerprint density at radius 1 is 1.40 bits per heavy atom. The van der Waals surface area contributed by atoms with Crippen LogP contribution in [0.4, 0.5) is 5.95 Å². The van der Waals surface area contributed by atoms with Crippen LogP contribution >= 0.6 is 0 Å². The molecular weight excluding hydrogens is 196 g/mol. The van der Waals surface area contributed by atoms with Crippen LogP contribution in [0.3, 0.4) is 0 Å². The molecule has 0 bridgehead atoms. The topological polar surface area (TPSA) is 91.7 Å². The Bertz CT molecular complexity index is 459. The maximum absolute atomic E-state index is 5.47. The number of aromatic nitrogens is 5. The molecule has 2 N–H and O–H groups in total. The first-order chi connectivity index (χ1) is 7.13. The van der Waals surface area contributed by atoms with E-state index in [-0.39, 0.29) is 12.0 Å². The molecule has 0 amide bonds. The van der Waals surface area contributed by atoms with Crippen LogP contribution in [0.1, 0.15) is 5.69 Å². The van der Waals surface area contributed by atoms with Crippen LogP contribution in [0.15, 0.2) is 12.4 Å². The molecule has 0 aliphatic heterocycles. The Kier molecular flexibility index (Phi) is 2.20. The molecule has 7 heteroatoms. The molecule has 0 saturated heterocycles. The fraction of sp³-hybridized carbons (Fsp3) is 0.250. The summed E-state index contributed by atoms with van der Waals surface area (Å²) in [5, 5.41) is 3.95. The number of nitrogens with two attached hydrogens (primary N) is 1. The highest BCUT2D eigenvalue weighted by Crippen LogP contribution is 2.15. The highest BCUT2D eigenvalue weighted by Gasteiger charge is 2.05. The smallest absolute Gasteiger partial charge is 0.342 e.